The second-order valence-electron chi connectivity index (χ2n) is 9.97. The Morgan fingerprint density at radius 1 is 1.11 bits per heavy atom. The zero-order valence-corrected chi connectivity index (χ0v) is 20.4. The molecule has 2 aromatic carbocycles. The lowest BCUT2D eigenvalue weighted by Gasteiger charge is -2.46. The third-order valence-electron chi connectivity index (χ3n) is 7.76. The van der Waals surface area contributed by atoms with E-state index in [1.54, 1.807) is 6.07 Å². The van der Waals surface area contributed by atoms with Gasteiger partial charge in [0.1, 0.15) is 22.8 Å². The summed E-state index contributed by atoms with van der Waals surface area (Å²) in [4.78, 5) is 49.6. The summed E-state index contributed by atoms with van der Waals surface area (Å²) in [6, 6.07) is 10.9. The van der Waals surface area contributed by atoms with Crippen molar-refractivity contribution in [3.63, 3.8) is 0 Å². The van der Waals surface area contributed by atoms with Crippen LogP contribution in [0.3, 0.4) is 0 Å². The van der Waals surface area contributed by atoms with Crippen LogP contribution < -0.4 is 11.1 Å². The van der Waals surface area contributed by atoms with E-state index in [1.165, 1.54) is 6.92 Å². The molecule has 0 heterocycles. The lowest BCUT2D eigenvalue weighted by atomic mass is 9.59. The molecular weight excluding hydrogens is 492 g/mol. The van der Waals surface area contributed by atoms with Crippen LogP contribution in [0.25, 0.3) is 16.9 Å². The smallest absolute Gasteiger partial charge is 0.255 e. The Hall–Kier alpha value is -4.44. The van der Waals surface area contributed by atoms with Crippen molar-refractivity contribution in [1.82, 2.24) is 5.32 Å². The number of aliphatic hydroxyl groups excluding tert-OH is 2. The molecule has 1 saturated carbocycles. The van der Waals surface area contributed by atoms with E-state index in [0.717, 1.165) is 5.56 Å². The zero-order valence-electron chi connectivity index (χ0n) is 20.4. The molecule has 0 spiro atoms. The van der Waals surface area contributed by atoms with Crippen LogP contribution in [-0.4, -0.2) is 49.4 Å². The van der Waals surface area contributed by atoms with Gasteiger partial charge >= 0.3 is 0 Å². The number of hydrogen-bond acceptors (Lipinski definition) is 8. The minimum absolute atomic E-state index is 0.0150. The van der Waals surface area contributed by atoms with Crippen molar-refractivity contribution in [3.05, 3.63) is 70.0 Å². The largest absolute Gasteiger partial charge is 0.508 e. The third kappa shape index (κ3) is 3.59. The number of hydrogen-bond donors (Lipinski definition) is 6. The topological polar surface area (TPSA) is 187 Å². The average Bonchev–Trinajstić information content (AvgIpc) is 2.86. The van der Waals surface area contributed by atoms with Gasteiger partial charge < -0.3 is 31.5 Å². The summed E-state index contributed by atoms with van der Waals surface area (Å²) in [5, 5.41) is 47.4. The Morgan fingerprint density at radius 3 is 2.42 bits per heavy atom. The van der Waals surface area contributed by atoms with E-state index < -0.39 is 52.0 Å². The molecule has 10 heteroatoms. The van der Waals surface area contributed by atoms with E-state index in [1.807, 2.05) is 30.3 Å². The lowest BCUT2D eigenvalue weighted by Crippen LogP contribution is -2.58. The fourth-order valence-electron chi connectivity index (χ4n) is 5.97. The highest BCUT2D eigenvalue weighted by molar-refractivity contribution is 6.22. The first-order chi connectivity index (χ1) is 18.0. The number of Topliss-reactive ketones (excluding diaryl/α,β-unsaturated/α-hetero) is 2. The first-order valence-corrected chi connectivity index (χ1v) is 12.1. The number of phenols is 1. The number of aliphatic hydroxyl groups is 3. The number of carbonyl (C=O) groups excluding carboxylic acids is 4. The summed E-state index contributed by atoms with van der Waals surface area (Å²) in [5.74, 6) is -7.13. The molecule has 0 aromatic heterocycles. The van der Waals surface area contributed by atoms with Crippen LogP contribution in [0, 0.1) is 11.8 Å². The van der Waals surface area contributed by atoms with Gasteiger partial charge in [-0.1, -0.05) is 30.3 Å². The molecule has 3 atom stereocenters. The predicted molar refractivity (Wildman–Crippen MR) is 134 cm³/mol. The van der Waals surface area contributed by atoms with Crippen molar-refractivity contribution in [3.8, 4) is 16.9 Å². The quantitative estimate of drug-likeness (QED) is 0.330. The number of amides is 2. The number of fused-ring (bicyclic) bond motifs is 3. The standard InChI is InChI=1S/C28H26N2O8/c1-12(31)30-11-15-9-17(13-5-3-2-4-6-13)18-8-14-7-16-10-19(32)22(27(29)37)26(36)28(16,38)25(35)20(14)24(34)21(18)23(15)33/h2-6,9,14,16,33-34,36,38H,7-8,10-11H2,1H3,(H2,29,37)(H,30,31)/t14-,16+,28+/m1/s1. The van der Waals surface area contributed by atoms with E-state index in [9.17, 15) is 39.6 Å². The summed E-state index contributed by atoms with van der Waals surface area (Å²) in [7, 11) is 0. The Morgan fingerprint density at radius 2 is 1.79 bits per heavy atom. The van der Waals surface area contributed by atoms with Crippen molar-refractivity contribution in [2.75, 3.05) is 0 Å². The molecule has 1 fully saturated rings. The van der Waals surface area contributed by atoms with Gasteiger partial charge in [-0.2, -0.15) is 0 Å². The van der Waals surface area contributed by atoms with Gasteiger partial charge in [-0.15, -0.1) is 0 Å². The molecule has 2 aromatic rings. The van der Waals surface area contributed by atoms with E-state index in [2.05, 4.69) is 5.32 Å². The van der Waals surface area contributed by atoms with Gasteiger partial charge in [0, 0.05) is 36.9 Å². The van der Waals surface area contributed by atoms with Gasteiger partial charge in [0.25, 0.3) is 5.91 Å². The SMILES string of the molecule is CC(=O)NCc1cc(-c2ccccc2)c2c(c1O)C(O)=C1C(=O)[C@]3(O)C(O)=C(C(N)=O)C(=O)C[C@@H]3C[C@@H]1C2. The zero-order chi connectivity index (χ0) is 27.5. The molecule has 3 aliphatic rings. The number of benzene rings is 2. The van der Waals surface area contributed by atoms with Crippen molar-refractivity contribution < 1.29 is 39.6 Å². The molecule has 7 N–H and O–H groups in total. The number of aromatic hydroxyl groups is 1. The predicted octanol–water partition coefficient (Wildman–Crippen LogP) is 1.73. The van der Waals surface area contributed by atoms with Crippen molar-refractivity contribution in [2.45, 2.75) is 38.3 Å². The van der Waals surface area contributed by atoms with E-state index >= 15 is 0 Å². The van der Waals surface area contributed by atoms with E-state index in [4.69, 9.17) is 5.73 Å². The normalized spacial score (nSPS) is 24.5. The maximum atomic E-state index is 13.7. The second kappa shape index (κ2) is 8.84. The maximum absolute atomic E-state index is 13.7. The van der Waals surface area contributed by atoms with Gasteiger partial charge in [0.15, 0.2) is 11.4 Å². The first kappa shape index (κ1) is 25.2. The number of nitrogens with one attached hydrogen (secondary N) is 1. The fourth-order valence-corrected chi connectivity index (χ4v) is 5.97. The van der Waals surface area contributed by atoms with Gasteiger partial charge in [0.2, 0.25) is 11.7 Å². The van der Waals surface area contributed by atoms with Crippen molar-refractivity contribution in [1.29, 1.82) is 0 Å². The number of ketones is 2. The highest BCUT2D eigenvalue weighted by Gasteiger charge is 2.60. The van der Waals surface area contributed by atoms with Gasteiger partial charge in [-0.3, -0.25) is 19.2 Å². The molecular formula is C28H26N2O8. The maximum Gasteiger partial charge on any atom is 0.255 e. The van der Waals surface area contributed by atoms with Crippen LogP contribution in [0.2, 0.25) is 0 Å². The van der Waals surface area contributed by atoms with Crippen LogP contribution in [-0.2, 0) is 32.1 Å². The van der Waals surface area contributed by atoms with Crippen molar-refractivity contribution >= 4 is 29.1 Å². The van der Waals surface area contributed by atoms with E-state index in [-0.39, 0.29) is 48.6 Å². The van der Waals surface area contributed by atoms with Crippen LogP contribution >= 0.6 is 0 Å². The molecule has 38 heavy (non-hydrogen) atoms. The number of nitrogens with two attached hydrogens (primary N) is 1. The third-order valence-corrected chi connectivity index (χ3v) is 7.76. The van der Waals surface area contributed by atoms with Gasteiger partial charge in [0.05, 0.1) is 5.56 Å². The van der Waals surface area contributed by atoms with Crippen LogP contribution in [0.4, 0.5) is 0 Å². The summed E-state index contributed by atoms with van der Waals surface area (Å²) in [6.45, 7) is 1.28. The monoisotopic (exact) mass is 518 g/mol. The van der Waals surface area contributed by atoms with Crippen LogP contribution in [0.15, 0.2) is 53.3 Å². The highest BCUT2D eigenvalue weighted by Crippen LogP contribution is 2.53. The molecule has 5 rings (SSSR count). The Balaban J connectivity index is 1.74. The summed E-state index contributed by atoms with van der Waals surface area (Å²) in [5.41, 5.74) is 3.85. The second-order valence-corrected chi connectivity index (χ2v) is 9.97. The lowest BCUT2D eigenvalue weighted by molar-refractivity contribution is -0.147. The summed E-state index contributed by atoms with van der Waals surface area (Å²) in [6.07, 6.45) is -0.146. The highest BCUT2D eigenvalue weighted by atomic mass is 16.3. The number of phenolic OH excluding ortho intramolecular Hbond substituents is 1. The Kier molecular flexibility index (Phi) is 5.87. The fraction of sp³-hybridized carbons (Fsp3) is 0.286. The van der Waals surface area contributed by atoms with Crippen LogP contribution in [0.1, 0.15) is 36.5 Å². The van der Waals surface area contributed by atoms with Crippen molar-refractivity contribution in [2.24, 2.45) is 17.6 Å². The number of rotatable bonds is 4. The van der Waals surface area contributed by atoms with Crippen LogP contribution in [0.5, 0.6) is 5.75 Å². The number of carbonyl (C=O) groups is 4. The molecule has 196 valence electrons. The first-order valence-electron chi connectivity index (χ1n) is 12.1. The Labute approximate surface area is 217 Å². The molecule has 0 aliphatic heterocycles. The molecule has 0 radical (unpaired) electrons. The summed E-state index contributed by atoms with van der Waals surface area (Å²) < 4.78 is 0. The van der Waals surface area contributed by atoms with Gasteiger partial charge in [-0.05, 0) is 41.5 Å². The summed E-state index contributed by atoms with van der Waals surface area (Å²) >= 11 is 0. The molecule has 3 aliphatic carbocycles. The molecule has 0 unspecified atom stereocenters. The molecule has 10 nitrogen and oxygen atoms in total. The molecule has 2 amide bonds. The number of primary amides is 1. The van der Waals surface area contributed by atoms with E-state index in [0.29, 0.717) is 16.7 Å². The molecule has 0 bridgehead atoms. The minimum Gasteiger partial charge on any atom is -0.508 e. The minimum atomic E-state index is -2.62. The molecule has 0 saturated heterocycles. The van der Waals surface area contributed by atoms with Gasteiger partial charge in [-0.25, -0.2) is 0 Å². The Bertz CT molecular complexity index is 1490. The average molecular weight is 519 g/mol.